The highest BCUT2D eigenvalue weighted by Crippen LogP contribution is 2.32. The van der Waals surface area contributed by atoms with E-state index in [9.17, 15) is 19.1 Å². The first kappa shape index (κ1) is 23.1. The van der Waals surface area contributed by atoms with E-state index in [0.29, 0.717) is 29.5 Å². The molecule has 0 bridgehead atoms. The zero-order chi connectivity index (χ0) is 23.7. The van der Waals surface area contributed by atoms with Crippen LogP contribution in [-0.2, 0) is 11.2 Å². The van der Waals surface area contributed by atoms with Gasteiger partial charge in [-0.1, -0.05) is 30.4 Å². The predicted octanol–water partition coefficient (Wildman–Crippen LogP) is 3.24. The summed E-state index contributed by atoms with van der Waals surface area (Å²) in [5, 5.41) is 20.1. The topological polar surface area (TPSA) is 97.6 Å². The number of hydrogen-bond acceptors (Lipinski definition) is 7. The van der Waals surface area contributed by atoms with E-state index in [1.54, 1.807) is 34.9 Å². The Morgan fingerprint density at radius 3 is 2.67 bits per heavy atom. The number of aromatic hydroxyl groups is 1. The molecule has 0 radical (unpaired) electrons. The van der Waals surface area contributed by atoms with Crippen LogP contribution < -0.4 is 5.43 Å². The number of aromatic nitrogens is 3. The summed E-state index contributed by atoms with van der Waals surface area (Å²) < 4.78 is 20.3. The Bertz CT molecular complexity index is 1220. The fourth-order valence-electron chi connectivity index (χ4n) is 4.00. The van der Waals surface area contributed by atoms with Crippen LogP contribution in [0.4, 0.5) is 4.39 Å². The van der Waals surface area contributed by atoms with Crippen LogP contribution in [0.5, 0.6) is 5.75 Å². The second-order valence-electron chi connectivity index (χ2n) is 8.04. The van der Waals surface area contributed by atoms with Gasteiger partial charge in [0.2, 0.25) is 5.43 Å². The molecule has 1 aliphatic heterocycles. The molecule has 33 heavy (non-hydrogen) atoms. The molecule has 0 saturated carbocycles. The maximum atomic E-state index is 13.2. The van der Waals surface area contributed by atoms with E-state index in [-0.39, 0.29) is 35.1 Å². The van der Waals surface area contributed by atoms with Crippen LogP contribution in [0.3, 0.4) is 0 Å². The minimum Gasteiger partial charge on any atom is -0.503 e. The van der Waals surface area contributed by atoms with Gasteiger partial charge in [0.15, 0.2) is 16.5 Å². The molecule has 0 saturated heterocycles. The first-order chi connectivity index (χ1) is 15.8. The number of benzene rings is 1. The van der Waals surface area contributed by atoms with Crippen molar-refractivity contribution >= 4 is 17.2 Å². The third-order valence-corrected chi connectivity index (χ3v) is 6.79. The van der Waals surface area contributed by atoms with Gasteiger partial charge in [0.05, 0.1) is 17.7 Å². The highest BCUT2D eigenvalue weighted by atomic mass is 32.1. The smallest absolute Gasteiger partial charge is 0.274 e. The molecular weight excluding hydrogens is 447 g/mol. The lowest BCUT2D eigenvalue weighted by molar-refractivity contribution is 0.0332. The summed E-state index contributed by atoms with van der Waals surface area (Å²) in [6, 6.07) is 5.80. The fourth-order valence-corrected chi connectivity index (χ4v) is 4.88. The van der Waals surface area contributed by atoms with Crippen LogP contribution in [-0.4, -0.2) is 57.0 Å². The molecule has 1 aromatic carbocycles. The Morgan fingerprint density at radius 1 is 1.27 bits per heavy atom. The van der Waals surface area contributed by atoms with E-state index in [4.69, 9.17) is 4.74 Å². The van der Waals surface area contributed by atoms with Crippen LogP contribution in [0.1, 0.15) is 47.4 Å². The molecule has 3 heterocycles. The maximum Gasteiger partial charge on any atom is 0.274 e. The van der Waals surface area contributed by atoms with Gasteiger partial charge in [-0.3, -0.25) is 9.59 Å². The second kappa shape index (κ2) is 9.40. The van der Waals surface area contributed by atoms with E-state index in [1.165, 1.54) is 23.5 Å². The van der Waals surface area contributed by atoms with Crippen molar-refractivity contribution < 1.29 is 19.0 Å². The molecule has 0 spiro atoms. The summed E-state index contributed by atoms with van der Waals surface area (Å²) >= 11 is 1.22. The number of methoxy groups -OCH3 is 1. The number of fused-ring (bicyclic) bond motifs is 1. The zero-order valence-corrected chi connectivity index (χ0v) is 19.4. The Balaban J connectivity index is 1.75. The third kappa shape index (κ3) is 4.40. The van der Waals surface area contributed by atoms with Gasteiger partial charge < -0.3 is 19.3 Å². The highest BCUT2D eigenvalue weighted by Gasteiger charge is 2.37. The van der Waals surface area contributed by atoms with Crippen molar-refractivity contribution in [2.45, 2.75) is 38.8 Å². The zero-order valence-electron chi connectivity index (χ0n) is 18.6. The van der Waals surface area contributed by atoms with Crippen molar-refractivity contribution in [3.63, 3.8) is 0 Å². The van der Waals surface area contributed by atoms with Crippen LogP contribution in [0.15, 0.2) is 35.3 Å². The molecule has 1 aliphatic rings. The highest BCUT2D eigenvalue weighted by molar-refractivity contribution is 7.14. The fraction of sp³-hybridized carbons (Fsp3) is 0.391. The summed E-state index contributed by atoms with van der Waals surface area (Å²) in [6.07, 6.45) is 2.49. The minimum atomic E-state index is -0.666. The second-order valence-corrected chi connectivity index (χ2v) is 9.10. The largest absolute Gasteiger partial charge is 0.503 e. The van der Waals surface area contributed by atoms with Gasteiger partial charge in [0, 0.05) is 32.8 Å². The van der Waals surface area contributed by atoms with Gasteiger partial charge in [-0.2, -0.15) is 0 Å². The molecule has 10 heteroatoms. The van der Waals surface area contributed by atoms with Gasteiger partial charge in [0.25, 0.3) is 5.91 Å². The average Bonchev–Trinajstić information content (AvgIpc) is 3.27. The number of ether oxygens (including phenoxy) is 1. The maximum absolute atomic E-state index is 13.2. The summed E-state index contributed by atoms with van der Waals surface area (Å²) in [5.41, 5.74) is 0.332. The summed E-state index contributed by atoms with van der Waals surface area (Å²) in [7, 11) is 1.58. The molecule has 8 nitrogen and oxygen atoms in total. The van der Waals surface area contributed by atoms with E-state index in [0.717, 1.165) is 12.0 Å². The number of pyridine rings is 1. The molecule has 4 rings (SSSR count). The van der Waals surface area contributed by atoms with E-state index in [2.05, 4.69) is 10.2 Å². The number of amides is 1. The normalized spacial score (nSPS) is 16.7. The van der Waals surface area contributed by atoms with Gasteiger partial charge in [-0.15, -0.1) is 10.2 Å². The number of nitrogens with zero attached hydrogens (tertiary/aromatic N) is 4. The lowest BCUT2D eigenvalue weighted by Gasteiger charge is -2.38. The molecule has 1 N–H and O–H groups in total. The minimum absolute atomic E-state index is 0.0339. The average molecular weight is 473 g/mol. The van der Waals surface area contributed by atoms with Gasteiger partial charge in [0.1, 0.15) is 10.8 Å². The molecule has 3 aromatic rings. The van der Waals surface area contributed by atoms with Crippen molar-refractivity contribution in [2.24, 2.45) is 0 Å². The first-order valence-electron chi connectivity index (χ1n) is 10.7. The molecule has 0 aliphatic carbocycles. The molecule has 0 unspecified atom stereocenters. The number of halogens is 1. The van der Waals surface area contributed by atoms with Crippen LogP contribution in [0.25, 0.3) is 10.6 Å². The number of carbonyl (C=O) groups is 1. The van der Waals surface area contributed by atoms with Gasteiger partial charge in [-0.05, 0) is 31.0 Å². The monoisotopic (exact) mass is 472 g/mol. The van der Waals surface area contributed by atoms with Crippen molar-refractivity contribution in [3.8, 4) is 16.3 Å². The Hall–Kier alpha value is -3.11. The van der Waals surface area contributed by atoms with Crippen LogP contribution in [0.2, 0.25) is 0 Å². The molecule has 2 aromatic heterocycles. The van der Waals surface area contributed by atoms with Crippen molar-refractivity contribution in [1.82, 2.24) is 19.7 Å². The lowest BCUT2D eigenvalue weighted by atomic mass is 10.0. The number of hydrogen-bond donors (Lipinski definition) is 1. The SMILES string of the molecule is CCCN1C[C@H]([C@@H](C)OC)n2cc(-c3nnc(Cc4ccc(F)cc4)s3)c(=O)c(O)c2C1=O. The Labute approximate surface area is 194 Å². The van der Waals surface area contributed by atoms with E-state index >= 15 is 0 Å². The van der Waals surface area contributed by atoms with Crippen molar-refractivity contribution in [3.05, 3.63) is 62.8 Å². The molecular formula is C23H25FN4O4S. The van der Waals surface area contributed by atoms with Gasteiger partial charge >= 0.3 is 0 Å². The molecule has 174 valence electrons. The predicted molar refractivity (Wildman–Crippen MR) is 122 cm³/mol. The third-order valence-electron chi connectivity index (χ3n) is 5.84. The molecule has 1 amide bonds. The summed E-state index contributed by atoms with van der Waals surface area (Å²) in [6.45, 7) is 4.77. The quantitative estimate of drug-likeness (QED) is 0.567. The van der Waals surface area contributed by atoms with Crippen LogP contribution in [0, 0.1) is 5.82 Å². The Morgan fingerprint density at radius 2 is 2.00 bits per heavy atom. The van der Waals surface area contributed by atoms with E-state index in [1.807, 2.05) is 13.8 Å². The number of carbonyl (C=O) groups excluding carboxylic acids is 1. The van der Waals surface area contributed by atoms with Crippen molar-refractivity contribution in [2.75, 3.05) is 20.2 Å². The lowest BCUT2D eigenvalue weighted by Crippen LogP contribution is -2.47. The summed E-state index contributed by atoms with van der Waals surface area (Å²) in [4.78, 5) is 27.7. The standard InChI is InChI=1S/C23H25FN4O4S/c1-4-9-27-12-17(13(2)32-3)28-11-16(20(29)21(30)19(28)23(27)31)22-26-25-18(33-22)10-14-5-7-15(24)8-6-14/h5-8,11,13,17,30H,4,9-10,12H2,1-3H3/t13-,17-/m1/s1. The van der Waals surface area contributed by atoms with Crippen molar-refractivity contribution in [1.29, 1.82) is 0 Å². The van der Waals surface area contributed by atoms with E-state index < -0.39 is 11.2 Å². The Kier molecular flexibility index (Phi) is 6.57. The summed E-state index contributed by atoms with van der Waals surface area (Å²) in [5.74, 6) is -1.30. The van der Waals surface area contributed by atoms with Crippen LogP contribution >= 0.6 is 11.3 Å². The molecule has 2 atom stereocenters. The first-order valence-corrected chi connectivity index (χ1v) is 11.5. The number of rotatable bonds is 7. The molecule has 0 fully saturated rings. The van der Waals surface area contributed by atoms with Gasteiger partial charge in [-0.25, -0.2) is 4.39 Å².